The van der Waals surface area contributed by atoms with Gasteiger partial charge >= 0.3 is 5.97 Å². The number of benzene rings is 1. The molecule has 1 aromatic rings. The quantitative estimate of drug-likeness (QED) is 0.796. The Morgan fingerprint density at radius 2 is 2.05 bits per heavy atom. The molecule has 0 aromatic heterocycles. The van der Waals surface area contributed by atoms with Crippen LogP contribution in [0.5, 0.6) is 0 Å². The van der Waals surface area contributed by atoms with Crippen molar-refractivity contribution in [1.82, 2.24) is 4.72 Å². The minimum Gasteiger partial charge on any atom is -0.478 e. The number of aromatic carboxylic acids is 1. The normalized spacial score (nSPS) is 12.4. The third-order valence-corrected chi connectivity index (χ3v) is 4.13. The van der Waals surface area contributed by atoms with Gasteiger partial charge in [0.25, 0.3) is 0 Å². The van der Waals surface area contributed by atoms with Crippen molar-refractivity contribution >= 4 is 16.0 Å². The van der Waals surface area contributed by atoms with E-state index in [0.29, 0.717) is 12.7 Å². The monoisotopic (exact) mass is 319 g/mol. The lowest BCUT2D eigenvalue weighted by Crippen LogP contribution is -2.40. The fraction of sp³-hybridized carbons (Fsp3) is 0.462. The second-order valence-electron chi connectivity index (χ2n) is 4.97. The number of sulfonamides is 1. The smallest absolute Gasteiger partial charge is 0.335 e. The van der Waals surface area contributed by atoms with Crippen LogP contribution < -0.4 is 4.72 Å². The summed E-state index contributed by atoms with van der Waals surface area (Å²) >= 11 is 0. The maximum absolute atomic E-state index is 13.8. The third-order valence-electron chi connectivity index (χ3n) is 2.69. The van der Waals surface area contributed by atoms with Gasteiger partial charge in [-0.2, -0.15) is 0 Å². The molecule has 1 rings (SSSR count). The summed E-state index contributed by atoms with van der Waals surface area (Å²) in [5.74, 6) is -2.44. The van der Waals surface area contributed by atoms with Gasteiger partial charge in [0.05, 0.1) is 11.2 Å². The summed E-state index contributed by atoms with van der Waals surface area (Å²) < 4.78 is 45.4. The van der Waals surface area contributed by atoms with Gasteiger partial charge in [-0.05, 0) is 39.0 Å². The summed E-state index contributed by atoms with van der Waals surface area (Å²) in [4.78, 5) is 10.1. The zero-order chi connectivity index (χ0) is 16.3. The Balaban J connectivity index is 2.96. The highest BCUT2D eigenvalue weighted by molar-refractivity contribution is 7.89. The van der Waals surface area contributed by atoms with Gasteiger partial charge in [0.15, 0.2) is 0 Å². The van der Waals surface area contributed by atoms with E-state index in [9.17, 15) is 17.6 Å². The van der Waals surface area contributed by atoms with Crippen molar-refractivity contribution in [3.8, 4) is 0 Å². The highest BCUT2D eigenvalue weighted by Gasteiger charge is 2.25. The first-order valence-corrected chi connectivity index (χ1v) is 7.74. The van der Waals surface area contributed by atoms with Gasteiger partial charge < -0.3 is 9.84 Å². The number of halogens is 1. The van der Waals surface area contributed by atoms with Crippen molar-refractivity contribution in [3.05, 3.63) is 29.6 Å². The number of hydrogen-bond acceptors (Lipinski definition) is 4. The van der Waals surface area contributed by atoms with Crippen molar-refractivity contribution in [2.24, 2.45) is 0 Å². The molecule has 0 aliphatic heterocycles. The molecule has 21 heavy (non-hydrogen) atoms. The molecule has 0 aliphatic carbocycles. The maximum atomic E-state index is 13.8. The Hall–Kier alpha value is -1.51. The van der Waals surface area contributed by atoms with Crippen LogP contribution >= 0.6 is 0 Å². The average Bonchev–Trinajstić information content (AvgIpc) is 2.36. The molecule has 1 aromatic carbocycles. The zero-order valence-electron chi connectivity index (χ0n) is 12.0. The van der Waals surface area contributed by atoms with Crippen LogP contribution in [0.4, 0.5) is 4.39 Å². The summed E-state index contributed by atoms with van der Waals surface area (Å²) in [5, 5.41) is 8.72. The molecule has 0 bridgehead atoms. The number of ether oxygens (including phenoxy) is 1. The molecule has 0 aliphatic rings. The number of carboxylic acid groups (broad SMARTS) is 1. The number of nitrogens with one attached hydrogen (secondary N) is 1. The Morgan fingerprint density at radius 1 is 1.43 bits per heavy atom. The summed E-state index contributed by atoms with van der Waals surface area (Å²) in [6.45, 7) is 5.55. The number of carboxylic acids is 1. The van der Waals surface area contributed by atoms with Gasteiger partial charge in [-0.3, -0.25) is 0 Å². The van der Waals surface area contributed by atoms with E-state index in [0.717, 1.165) is 12.1 Å². The van der Waals surface area contributed by atoms with Crippen LogP contribution in [0, 0.1) is 5.82 Å². The molecule has 0 fully saturated rings. The van der Waals surface area contributed by atoms with Crippen molar-refractivity contribution in [2.45, 2.75) is 31.3 Å². The van der Waals surface area contributed by atoms with Crippen LogP contribution in [0.25, 0.3) is 0 Å². The van der Waals surface area contributed by atoms with Crippen molar-refractivity contribution < 1.29 is 27.4 Å². The molecule has 0 heterocycles. The van der Waals surface area contributed by atoms with Crippen LogP contribution in [0.15, 0.2) is 23.1 Å². The third kappa shape index (κ3) is 4.76. The zero-order valence-corrected chi connectivity index (χ0v) is 12.8. The van der Waals surface area contributed by atoms with Gasteiger partial charge in [-0.25, -0.2) is 22.3 Å². The highest BCUT2D eigenvalue weighted by Crippen LogP contribution is 2.17. The fourth-order valence-corrected chi connectivity index (χ4v) is 2.90. The van der Waals surface area contributed by atoms with Crippen LogP contribution in [-0.2, 0) is 14.8 Å². The number of carbonyl (C=O) groups is 1. The molecule has 0 saturated heterocycles. The van der Waals surface area contributed by atoms with Gasteiger partial charge in [0.1, 0.15) is 10.7 Å². The summed E-state index contributed by atoms with van der Waals surface area (Å²) in [7, 11) is -4.08. The van der Waals surface area contributed by atoms with E-state index in [1.165, 1.54) is 0 Å². The first-order chi connectivity index (χ1) is 9.59. The Morgan fingerprint density at radius 3 is 2.52 bits per heavy atom. The second kappa shape index (κ2) is 6.50. The minimum absolute atomic E-state index is 0.0384. The molecule has 0 amide bonds. The summed E-state index contributed by atoms with van der Waals surface area (Å²) in [6.07, 6.45) is 0. The summed E-state index contributed by atoms with van der Waals surface area (Å²) in [6, 6.07) is 2.63. The van der Waals surface area contributed by atoms with Crippen molar-refractivity contribution in [3.63, 3.8) is 0 Å². The molecule has 2 N–H and O–H groups in total. The van der Waals surface area contributed by atoms with E-state index in [-0.39, 0.29) is 12.1 Å². The van der Waals surface area contributed by atoms with Crippen molar-refractivity contribution in [1.29, 1.82) is 0 Å². The van der Waals surface area contributed by atoms with Crippen LogP contribution in [0.1, 0.15) is 31.1 Å². The molecular formula is C13H18FNO5S. The highest BCUT2D eigenvalue weighted by atomic mass is 32.2. The lowest BCUT2D eigenvalue weighted by atomic mass is 10.1. The standard InChI is InChI=1S/C13H18FNO5S/c1-4-20-13(2,3)8-15-21(18,19)11-6-5-9(12(16)17)7-10(11)14/h5-7,15H,4,8H2,1-3H3,(H,16,17). The molecule has 0 unspecified atom stereocenters. The SMILES string of the molecule is CCOC(C)(C)CNS(=O)(=O)c1ccc(C(=O)O)cc1F. The number of rotatable bonds is 7. The van der Waals surface area contributed by atoms with Crippen molar-refractivity contribution in [2.75, 3.05) is 13.2 Å². The first kappa shape index (κ1) is 17.5. The second-order valence-corrected chi connectivity index (χ2v) is 6.70. The summed E-state index contributed by atoms with van der Waals surface area (Å²) in [5.41, 5.74) is -1.06. The number of hydrogen-bond donors (Lipinski definition) is 2. The largest absolute Gasteiger partial charge is 0.478 e. The van der Waals surface area contributed by atoms with E-state index >= 15 is 0 Å². The van der Waals surface area contributed by atoms with E-state index in [4.69, 9.17) is 9.84 Å². The van der Waals surface area contributed by atoms with E-state index < -0.39 is 32.3 Å². The van der Waals surface area contributed by atoms with Crippen LogP contribution in [0.3, 0.4) is 0 Å². The molecular weight excluding hydrogens is 301 g/mol. The molecule has 0 atom stereocenters. The van der Waals surface area contributed by atoms with Gasteiger partial charge in [0, 0.05) is 13.2 Å². The molecule has 0 radical (unpaired) electrons. The van der Waals surface area contributed by atoms with E-state index in [2.05, 4.69) is 4.72 Å². The lowest BCUT2D eigenvalue weighted by molar-refractivity contribution is -0.00516. The first-order valence-electron chi connectivity index (χ1n) is 6.25. The topological polar surface area (TPSA) is 92.7 Å². The Kier molecular flexibility index (Phi) is 5.43. The fourth-order valence-electron chi connectivity index (χ4n) is 1.64. The lowest BCUT2D eigenvalue weighted by Gasteiger charge is -2.24. The van der Waals surface area contributed by atoms with E-state index in [1.807, 2.05) is 0 Å². The molecule has 118 valence electrons. The van der Waals surface area contributed by atoms with Gasteiger partial charge in [-0.1, -0.05) is 0 Å². The molecule has 8 heteroatoms. The average molecular weight is 319 g/mol. The van der Waals surface area contributed by atoms with E-state index in [1.54, 1.807) is 20.8 Å². The predicted octanol–water partition coefficient (Wildman–Crippen LogP) is 1.62. The Bertz CT molecular complexity index is 627. The molecule has 0 saturated carbocycles. The molecule has 6 nitrogen and oxygen atoms in total. The minimum atomic E-state index is -4.08. The van der Waals surface area contributed by atoms with Crippen LogP contribution in [0.2, 0.25) is 0 Å². The maximum Gasteiger partial charge on any atom is 0.335 e. The van der Waals surface area contributed by atoms with Gasteiger partial charge in [0.2, 0.25) is 10.0 Å². The molecule has 0 spiro atoms. The van der Waals surface area contributed by atoms with Crippen LogP contribution in [-0.4, -0.2) is 38.2 Å². The Labute approximate surface area is 123 Å². The van der Waals surface area contributed by atoms with Gasteiger partial charge in [-0.15, -0.1) is 0 Å². The predicted molar refractivity (Wildman–Crippen MR) is 74.3 cm³/mol.